The summed E-state index contributed by atoms with van der Waals surface area (Å²) in [5.74, 6) is 0.227. The molecule has 0 aromatic heterocycles. The maximum atomic E-state index is 13.2. The second-order valence-electron chi connectivity index (χ2n) is 4.55. The van der Waals surface area contributed by atoms with Crippen LogP contribution in [0.4, 0.5) is 4.39 Å². The number of hydrogen-bond donors (Lipinski definition) is 1. The Labute approximate surface area is 113 Å². The maximum Gasteiger partial charge on any atom is 0.126 e. The van der Waals surface area contributed by atoms with Crippen LogP contribution in [0.1, 0.15) is 24.1 Å². The molecule has 0 aliphatic heterocycles. The van der Waals surface area contributed by atoms with Crippen LogP contribution >= 0.6 is 0 Å². The Kier molecular flexibility index (Phi) is 4.53. The first-order valence-electron chi connectivity index (χ1n) is 6.38. The summed E-state index contributed by atoms with van der Waals surface area (Å²) in [5, 5.41) is 0. The van der Waals surface area contributed by atoms with E-state index < -0.39 is 0 Å². The largest absolute Gasteiger partial charge is 0.493 e. The molecular formula is C16H18FNO. The topological polar surface area (TPSA) is 35.2 Å². The summed E-state index contributed by atoms with van der Waals surface area (Å²) in [4.78, 5) is 0. The van der Waals surface area contributed by atoms with Gasteiger partial charge in [-0.05, 0) is 18.6 Å². The number of halogens is 1. The first-order valence-corrected chi connectivity index (χ1v) is 6.38. The van der Waals surface area contributed by atoms with Crippen molar-refractivity contribution in [2.24, 2.45) is 5.73 Å². The molecule has 2 aromatic rings. The van der Waals surface area contributed by atoms with Crippen molar-refractivity contribution in [3.05, 3.63) is 65.5 Å². The molecule has 2 N–H and O–H groups in total. The standard InChI is InChI=1S/C16H18FNO/c1-12(18)15-8-7-14(17)11-16(15)19-10-9-13-5-3-2-4-6-13/h2-8,11-12H,9-10,18H2,1H3/t12-/m1/s1. The van der Waals surface area contributed by atoms with Crippen molar-refractivity contribution >= 4 is 0 Å². The van der Waals surface area contributed by atoms with Gasteiger partial charge in [0.2, 0.25) is 0 Å². The lowest BCUT2D eigenvalue weighted by molar-refractivity contribution is 0.315. The van der Waals surface area contributed by atoms with Crippen LogP contribution in [0.5, 0.6) is 5.75 Å². The molecule has 0 saturated heterocycles. The van der Waals surface area contributed by atoms with E-state index in [0.29, 0.717) is 12.4 Å². The van der Waals surface area contributed by atoms with Gasteiger partial charge >= 0.3 is 0 Å². The Bertz CT molecular complexity index is 526. The number of rotatable bonds is 5. The first kappa shape index (κ1) is 13.6. The highest BCUT2D eigenvalue weighted by molar-refractivity contribution is 5.36. The summed E-state index contributed by atoms with van der Waals surface area (Å²) in [6.45, 7) is 2.37. The zero-order valence-corrected chi connectivity index (χ0v) is 11.0. The second kappa shape index (κ2) is 6.34. The van der Waals surface area contributed by atoms with Gasteiger partial charge in [-0.2, -0.15) is 0 Å². The Morgan fingerprint density at radius 3 is 2.58 bits per heavy atom. The number of benzene rings is 2. The number of hydrogen-bond acceptors (Lipinski definition) is 2. The predicted octanol–water partition coefficient (Wildman–Crippen LogP) is 3.47. The van der Waals surface area contributed by atoms with Gasteiger partial charge in [0.1, 0.15) is 11.6 Å². The molecule has 1 atom stereocenters. The highest BCUT2D eigenvalue weighted by atomic mass is 19.1. The van der Waals surface area contributed by atoms with Gasteiger partial charge < -0.3 is 10.5 Å². The van der Waals surface area contributed by atoms with E-state index in [1.807, 2.05) is 37.3 Å². The molecule has 0 fully saturated rings. The van der Waals surface area contributed by atoms with E-state index in [-0.39, 0.29) is 11.9 Å². The summed E-state index contributed by atoms with van der Waals surface area (Å²) in [5.41, 5.74) is 7.87. The molecule has 0 spiro atoms. The minimum Gasteiger partial charge on any atom is -0.493 e. The van der Waals surface area contributed by atoms with Gasteiger partial charge in [-0.15, -0.1) is 0 Å². The molecule has 2 nitrogen and oxygen atoms in total. The Morgan fingerprint density at radius 1 is 1.16 bits per heavy atom. The SMILES string of the molecule is C[C@@H](N)c1ccc(F)cc1OCCc1ccccc1. The molecular weight excluding hydrogens is 241 g/mol. The van der Waals surface area contributed by atoms with Gasteiger partial charge in [0.15, 0.2) is 0 Å². The molecule has 3 heteroatoms. The van der Waals surface area contributed by atoms with Crippen molar-refractivity contribution < 1.29 is 9.13 Å². The normalized spacial score (nSPS) is 12.2. The second-order valence-corrected chi connectivity index (χ2v) is 4.55. The molecule has 2 rings (SSSR count). The molecule has 0 amide bonds. The lowest BCUT2D eigenvalue weighted by atomic mass is 10.1. The third-order valence-electron chi connectivity index (χ3n) is 2.96. The molecule has 0 heterocycles. The number of nitrogens with two attached hydrogens (primary N) is 1. The fraction of sp³-hybridized carbons (Fsp3) is 0.250. The zero-order chi connectivity index (χ0) is 13.7. The molecule has 2 aromatic carbocycles. The predicted molar refractivity (Wildman–Crippen MR) is 74.6 cm³/mol. The van der Waals surface area contributed by atoms with Crippen LogP contribution in [0, 0.1) is 5.82 Å². The van der Waals surface area contributed by atoms with Gasteiger partial charge in [-0.3, -0.25) is 0 Å². The highest BCUT2D eigenvalue weighted by Crippen LogP contribution is 2.24. The first-order chi connectivity index (χ1) is 9.16. The smallest absolute Gasteiger partial charge is 0.126 e. The van der Waals surface area contributed by atoms with Crippen LogP contribution in [0.15, 0.2) is 48.5 Å². The summed E-state index contributed by atoms with van der Waals surface area (Å²) in [6.07, 6.45) is 0.787. The fourth-order valence-corrected chi connectivity index (χ4v) is 1.93. The number of ether oxygens (including phenoxy) is 1. The van der Waals surface area contributed by atoms with Crippen molar-refractivity contribution in [3.63, 3.8) is 0 Å². The van der Waals surface area contributed by atoms with Crippen LogP contribution in [0.25, 0.3) is 0 Å². The van der Waals surface area contributed by atoms with Crippen LogP contribution in [-0.2, 0) is 6.42 Å². The summed E-state index contributed by atoms with van der Waals surface area (Å²) in [6, 6.07) is 14.3. The van der Waals surface area contributed by atoms with E-state index in [0.717, 1.165) is 12.0 Å². The molecule has 0 saturated carbocycles. The van der Waals surface area contributed by atoms with Crippen LogP contribution < -0.4 is 10.5 Å². The van der Waals surface area contributed by atoms with Crippen molar-refractivity contribution in [2.45, 2.75) is 19.4 Å². The summed E-state index contributed by atoms with van der Waals surface area (Å²) in [7, 11) is 0. The van der Waals surface area contributed by atoms with E-state index in [2.05, 4.69) is 0 Å². The van der Waals surface area contributed by atoms with Gasteiger partial charge in [0, 0.05) is 24.1 Å². The third-order valence-corrected chi connectivity index (χ3v) is 2.96. The van der Waals surface area contributed by atoms with E-state index >= 15 is 0 Å². The molecule has 19 heavy (non-hydrogen) atoms. The Balaban J connectivity index is 2.01. The van der Waals surface area contributed by atoms with Crippen molar-refractivity contribution in [1.29, 1.82) is 0 Å². The Morgan fingerprint density at radius 2 is 1.89 bits per heavy atom. The maximum absolute atomic E-state index is 13.2. The lowest BCUT2D eigenvalue weighted by Crippen LogP contribution is -2.10. The van der Waals surface area contributed by atoms with Gasteiger partial charge in [-0.1, -0.05) is 36.4 Å². The van der Waals surface area contributed by atoms with Crippen molar-refractivity contribution in [1.82, 2.24) is 0 Å². The van der Waals surface area contributed by atoms with Gasteiger partial charge in [0.05, 0.1) is 6.61 Å². The van der Waals surface area contributed by atoms with E-state index in [1.165, 1.54) is 17.7 Å². The van der Waals surface area contributed by atoms with Crippen LogP contribution in [0.3, 0.4) is 0 Å². The average Bonchev–Trinajstić information content (AvgIpc) is 2.39. The van der Waals surface area contributed by atoms with Gasteiger partial charge in [-0.25, -0.2) is 4.39 Å². The molecule has 0 aliphatic rings. The van der Waals surface area contributed by atoms with E-state index in [9.17, 15) is 4.39 Å². The molecule has 0 radical (unpaired) electrons. The Hall–Kier alpha value is -1.87. The minimum absolute atomic E-state index is 0.174. The fourth-order valence-electron chi connectivity index (χ4n) is 1.93. The quantitative estimate of drug-likeness (QED) is 0.892. The van der Waals surface area contributed by atoms with Crippen LogP contribution in [0.2, 0.25) is 0 Å². The average molecular weight is 259 g/mol. The monoisotopic (exact) mass is 259 g/mol. The van der Waals surface area contributed by atoms with Crippen LogP contribution in [-0.4, -0.2) is 6.61 Å². The van der Waals surface area contributed by atoms with Gasteiger partial charge in [0.25, 0.3) is 0 Å². The molecule has 100 valence electrons. The van der Waals surface area contributed by atoms with E-state index in [4.69, 9.17) is 10.5 Å². The molecule has 0 aliphatic carbocycles. The molecule has 0 unspecified atom stereocenters. The van der Waals surface area contributed by atoms with E-state index in [1.54, 1.807) is 6.07 Å². The molecule has 0 bridgehead atoms. The summed E-state index contributed by atoms with van der Waals surface area (Å²) < 4.78 is 18.9. The zero-order valence-electron chi connectivity index (χ0n) is 11.0. The van der Waals surface area contributed by atoms with Crippen molar-refractivity contribution in [3.8, 4) is 5.75 Å². The highest BCUT2D eigenvalue weighted by Gasteiger charge is 2.09. The summed E-state index contributed by atoms with van der Waals surface area (Å²) >= 11 is 0. The van der Waals surface area contributed by atoms with Crippen molar-refractivity contribution in [2.75, 3.05) is 6.61 Å². The lowest BCUT2D eigenvalue weighted by Gasteiger charge is -2.14. The third kappa shape index (κ3) is 3.80. The minimum atomic E-state index is -0.306.